The van der Waals surface area contributed by atoms with E-state index in [1.807, 2.05) is 16.8 Å². The fourth-order valence-corrected chi connectivity index (χ4v) is 2.64. The van der Waals surface area contributed by atoms with Crippen LogP contribution in [0.25, 0.3) is 0 Å². The molecule has 21 heavy (non-hydrogen) atoms. The van der Waals surface area contributed by atoms with Crippen molar-refractivity contribution in [2.45, 2.75) is 32.7 Å². The van der Waals surface area contributed by atoms with E-state index in [2.05, 4.69) is 29.1 Å². The molecule has 0 amide bonds. The number of benzene rings is 1. The summed E-state index contributed by atoms with van der Waals surface area (Å²) in [5, 5.41) is 4.27. The van der Waals surface area contributed by atoms with Crippen LogP contribution in [-0.2, 0) is 19.4 Å². The second-order valence-electron chi connectivity index (χ2n) is 5.18. The van der Waals surface area contributed by atoms with Gasteiger partial charge >= 0.3 is 0 Å². The number of hydrogen-bond donors (Lipinski definition) is 0. The minimum Gasteiger partial charge on any atom is -0.497 e. The lowest BCUT2D eigenvalue weighted by molar-refractivity contribution is 0.413. The quantitative estimate of drug-likeness (QED) is 0.702. The molecule has 0 spiro atoms. The van der Waals surface area contributed by atoms with Gasteiger partial charge in [-0.25, -0.2) is 4.98 Å². The summed E-state index contributed by atoms with van der Waals surface area (Å²) in [7, 11) is 1.69. The van der Waals surface area contributed by atoms with Gasteiger partial charge in [0.15, 0.2) is 0 Å². The molecule has 2 aromatic rings. The summed E-state index contributed by atoms with van der Waals surface area (Å²) in [5.74, 6) is 2.86. The molecule has 0 N–H and O–H groups in total. The molecule has 0 bridgehead atoms. The highest BCUT2D eigenvalue weighted by molar-refractivity contribution is 6.18. The molecule has 4 nitrogen and oxygen atoms in total. The van der Waals surface area contributed by atoms with Crippen LogP contribution in [0.2, 0.25) is 0 Å². The first-order valence-corrected chi connectivity index (χ1v) is 7.85. The van der Waals surface area contributed by atoms with Gasteiger partial charge < -0.3 is 4.74 Å². The first-order valence-electron chi connectivity index (χ1n) is 7.32. The van der Waals surface area contributed by atoms with Crippen LogP contribution < -0.4 is 4.74 Å². The van der Waals surface area contributed by atoms with Crippen molar-refractivity contribution < 1.29 is 4.74 Å². The van der Waals surface area contributed by atoms with Gasteiger partial charge in [-0.3, -0.25) is 4.68 Å². The summed E-state index contributed by atoms with van der Waals surface area (Å²) in [5.41, 5.74) is 1.24. The minimum absolute atomic E-state index is 0.346. The average Bonchev–Trinajstić information content (AvgIpc) is 2.94. The Labute approximate surface area is 131 Å². The van der Waals surface area contributed by atoms with Crippen molar-refractivity contribution in [3.05, 3.63) is 42.0 Å². The Kier molecular flexibility index (Phi) is 6.05. The molecular weight excluding hydrogens is 286 g/mol. The zero-order valence-corrected chi connectivity index (χ0v) is 13.4. The number of nitrogens with zero attached hydrogens (tertiary/aromatic N) is 3. The Balaban J connectivity index is 2.03. The summed E-state index contributed by atoms with van der Waals surface area (Å²) in [4.78, 5) is 4.37. The summed E-state index contributed by atoms with van der Waals surface area (Å²) < 4.78 is 7.24. The summed E-state index contributed by atoms with van der Waals surface area (Å²) in [6.45, 7) is 3.05. The Hall–Kier alpha value is -1.55. The normalized spacial score (nSPS) is 12.3. The number of methoxy groups -OCH3 is 1. The van der Waals surface area contributed by atoms with Crippen molar-refractivity contribution in [1.29, 1.82) is 0 Å². The number of alkyl halides is 1. The Morgan fingerprint density at radius 3 is 2.90 bits per heavy atom. The molecule has 1 heterocycles. The number of rotatable bonds is 8. The van der Waals surface area contributed by atoms with Gasteiger partial charge in [-0.05, 0) is 36.5 Å². The second-order valence-corrected chi connectivity index (χ2v) is 5.49. The third-order valence-electron chi connectivity index (χ3n) is 3.48. The van der Waals surface area contributed by atoms with Gasteiger partial charge in [-0.1, -0.05) is 19.1 Å². The number of halogens is 1. The number of aryl methyl sites for hydroxylation is 1. The first kappa shape index (κ1) is 15.8. The molecule has 0 aliphatic heterocycles. The topological polar surface area (TPSA) is 39.9 Å². The third kappa shape index (κ3) is 4.46. The molecule has 114 valence electrons. The van der Waals surface area contributed by atoms with Gasteiger partial charge in [0.05, 0.1) is 7.11 Å². The zero-order chi connectivity index (χ0) is 15.1. The number of ether oxygens (including phenoxy) is 1. The van der Waals surface area contributed by atoms with Gasteiger partial charge in [0.2, 0.25) is 0 Å². The largest absolute Gasteiger partial charge is 0.497 e. The lowest BCUT2D eigenvalue weighted by atomic mass is 9.97. The Morgan fingerprint density at radius 2 is 2.19 bits per heavy atom. The van der Waals surface area contributed by atoms with E-state index >= 15 is 0 Å². The van der Waals surface area contributed by atoms with Crippen molar-refractivity contribution in [2.24, 2.45) is 5.92 Å². The van der Waals surface area contributed by atoms with Crippen molar-refractivity contribution in [2.75, 3.05) is 13.0 Å². The maximum Gasteiger partial charge on any atom is 0.138 e. The molecule has 0 saturated heterocycles. The summed E-state index contributed by atoms with van der Waals surface area (Å²) in [6, 6.07) is 8.14. The highest BCUT2D eigenvalue weighted by Crippen LogP contribution is 2.19. The molecule has 0 aliphatic carbocycles. The summed E-state index contributed by atoms with van der Waals surface area (Å²) >= 11 is 6.15. The van der Waals surface area contributed by atoms with Crippen LogP contribution in [0.3, 0.4) is 0 Å². The predicted molar refractivity (Wildman–Crippen MR) is 84.9 cm³/mol. The van der Waals surface area contributed by atoms with E-state index in [1.54, 1.807) is 13.4 Å². The smallest absolute Gasteiger partial charge is 0.138 e. The maximum absolute atomic E-state index is 6.15. The highest BCUT2D eigenvalue weighted by atomic mass is 35.5. The molecule has 1 aromatic carbocycles. The number of aromatic nitrogens is 3. The van der Waals surface area contributed by atoms with E-state index in [4.69, 9.17) is 16.3 Å². The standard InChI is InChI=1S/C16H22ClN3O/c1-3-7-20-16(18-12-19-20)10-14(11-17)8-13-5-4-6-15(9-13)21-2/h4-6,9,12,14H,3,7-8,10-11H2,1-2H3. The van der Waals surface area contributed by atoms with Crippen LogP contribution in [-0.4, -0.2) is 27.8 Å². The van der Waals surface area contributed by atoms with Crippen LogP contribution >= 0.6 is 11.6 Å². The molecule has 0 aliphatic rings. The average molecular weight is 308 g/mol. The first-order chi connectivity index (χ1) is 10.3. The van der Waals surface area contributed by atoms with E-state index in [1.165, 1.54) is 5.56 Å². The van der Waals surface area contributed by atoms with Crippen molar-refractivity contribution in [3.8, 4) is 5.75 Å². The van der Waals surface area contributed by atoms with Crippen LogP contribution in [0, 0.1) is 5.92 Å². The van der Waals surface area contributed by atoms with Gasteiger partial charge in [0, 0.05) is 18.8 Å². The molecule has 1 atom stereocenters. The molecule has 5 heteroatoms. The Morgan fingerprint density at radius 1 is 1.33 bits per heavy atom. The number of hydrogen-bond acceptors (Lipinski definition) is 3. The second kappa shape index (κ2) is 8.03. The summed E-state index contributed by atoms with van der Waals surface area (Å²) in [6.07, 6.45) is 4.44. The van der Waals surface area contributed by atoms with E-state index < -0.39 is 0 Å². The van der Waals surface area contributed by atoms with Crippen LogP contribution in [0.5, 0.6) is 5.75 Å². The molecule has 1 aromatic heterocycles. The molecular formula is C16H22ClN3O. The van der Waals surface area contributed by atoms with E-state index in [0.717, 1.165) is 37.4 Å². The van der Waals surface area contributed by atoms with E-state index in [-0.39, 0.29) is 0 Å². The predicted octanol–water partition coefficient (Wildman–Crippen LogP) is 3.34. The van der Waals surface area contributed by atoms with Gasteiger partial charge in [-0.15, -0.1) is 11.6 Å². The van der Waals surface area contributed by atoms with Crippen molar-refractivity contribution in [1.82, 2.24) is 14.8 Å². The fourth-order valence-electron chi connectivity index (χ4n) is 2.42. The van der Waals surface area contributed by atoms with Gasteiger partial charge in [0.1, 0.15) is 17.9 Å². The van der Waals surface area contributed by atoms with Gasteiger partial charge in [-0.2, -0.15) is 5.10 Å². The lowest BCUT2D eigenvalue weighted by Gasteiger charge is -2.14. The van der Waals surface area contributed by atoms with Crippen molar-refractivity contribution >= 4 is 11.6 Å². The third-order valence-corrected chi connectivity index (χ3v) is 3.92. The van der Waals surface area contributed by atoms with Crippen LogP contribution in [0.1, 0.15) is 24.7 Å². The monoisotopic (exact) mass is 307 g/mol. The lowest BCUT2D eigenvalue weighted by Crippen LogP contribution is -2.15. The fraction of sp³-hybridized carbons (Fsp3) is 0.500. The minimum atomic E-state index is 0.346. The van der Waals surface area contributed by atoms with Crippen LogP contribution in [0.15, 0.2) is 30.6 Å². The van der Waals surface area contributed by atoms with Gasteiger partial charge in [0.25, 0.3) is 0 Å². The Bertz CT molecular complexity index is 556. The van der Waals surface area contributed by atoms with E-state index in [9.17, 15) is 0 Å². The molecule has 0 fully saturated rings. The van der Waals surface area contributed by atoms with Crippen molar-refractivity contribution in [3.63, 3.8) is 0 Å². The molecule has 1 unspecified atom stereocenters. The highest BCUT2D eigenvalue weighted by Gasteiger charge is 2.14. The van der Waals surface area contributed by atoms with Crippen LogP contribution in [0.4, 0.5) is 0 Å². The zero-order valence-electron chi connectivity index (χ0n) is 12.6. The maximum atomic E-state index is 6.15. The molecule has 0 radical (unpaired) electrons. The molecule has 0 saturated carbocycles. The molecule has 2 rings (SSSR count). The van der Waals surface area contributed by atoms with E-state index in [0.29, 0.717) is 11.8 Å². The SMILES string of the molecule is CCCn1ncnc1CC(CCl)Cc1cccc(OC)c1.